The summed E-state index contributed by atoms with van der Waals surface area (Å²) in [5, 5.41) is 21.6. The third-order valence-corrected chi connectivity index (χ3v) is 5.62. The predicted octanol–water partition coefficient (Wildman–Crippen LogP) is 4.29. The zero-order chi connectivity index (χ0) is 20.4. The molecule has 2 heterocycles. The molecule has 8 nitrogen and oxygen atoms in total. The maximum absolute atomic E-state index is 11.7. The SMILES string of the molecule is O=C(O)/C(=C\c1ccc(N2CCCC2)c([N+](=O)[O-])c1)Sc1nc2ccccc2[nH]1. The van der Waals surface area contributed by atoms with E-state index in [1.807, 2.05) is 29.2 Å². The van der Waals surface area contributed by atoms with Crippen LogP contribution in [0.3, 0.4) is 0 Å². The highest BCUT2D eigenvalue weighted by Crippen LogP contribution is 2.34. The van der Waals surface area contributed by atoms with E-state index in [9.17, 15) is 20.0 Å². The van der Waals surface area contributed by atoms with Crippen LogP contribution in [0.1, 0.15) is 18.4 Å². The van der Waals surface area contributed by atoms with Crippen LogP contribution < -0.4 is 4.90 Å². The third kappa shape index (κ3) is 4.09. The number of nitrogens with zero attached hydrogens (tertiary/aromatic N) is 3. The number of thioether (sulfide) groups is 1. The van der Waals surface area contributed by atoms with Gasteiger partial charge in [0.15, 0.2) is 5.16 Å². The van der Waals surface area contributed by atoms with Crippen LogP contribution in [0.4, 0.5) is 11.4 Å². The Labute approximate surface area is 170 Å². The van der Waals surface area contributed by atoms with Gasteiger partial charge in [-0.1, -0.05) is 18.2 Å². The van der Waals surface area contributed by atoms with Crippen molar-refractivity contribution >= 4 is 46.2 Å². The van der Waals surface area contributed by atoms with Gasteiger partial charge in [0.05, 0.1) is 16.0 Å². The van der Waals surface area contributed by atoms with Crippen molar-refractivity contribution in [1.82, 2.24) is 9.97 Å². The summed E-state index contributed by atoms with van der Waals surface area (Å²) in [6.45, 7) is 1.58. The molecular formula is C20H18N4O4S. The maximum atomic E-state index is 11.7. The molecule has 148 valence electrons. The molecule has 1 saturated heterocycles. The molecule has 4 rings (SSSR count). The van der Waals surface area contributed by atoms with Crippen molar-refractivity contribution in [2.45, 2.75) is 18.0 Å². The van der Waals surface area contributed by atoms with Gasteiger partial charge in [-0.25, -0.2) is 9.78 Å². The second-order valence-corrected chi connectivity index (χ2v) is 7.70. The van der Waals surface area contributed by atoms with Gasteiger partial charge in [-0.05, 0) is 54.4 Å². The Morgan fingerprint density at radius 1 is 1.24 bits per heavy atom. The van der Waals surface area contributed by atoms with Gasteiger partial charge in [-0.15, -0.1) is 0 Å². The molecule has 0 radical (unpaired) electrons. The van der Waals surface area contributed by atoms with Crippen molar-refractivity contribution in [3.8, 4) is 0 Å². The number of carboxylic acid groups (broad SMARTS) is 1. The lowest BCUT2D eigenvalue weighted by Gasteiger charge is -2.17. The lowest BCUT2D eigenvalue weighted by atomic mass is 10.1. The Morgan fingerprint density at radius 3 is 2.69 bits per heavy atom. The van der Waals surface area contributed by atoms with Crippen molar-refractivity contribution in [2.24, 2.45) is 0 Å². The second kappa shape index (κ2) is 7.96. The van der Waals surface area contributed by atoms with E-state index in [4.69, 9.17) is 0 Å². The zero-order valence-corrected chi connectivity index (χ0v) is 16.2. The minimum Gasteiger partial charge on any atom is -0.477 e. The first kappa shape index (κ1) is 19.0. The molecule has 0 aliphatic carbocycles. The van der Waals surface area contributed by atoms with E-state index < -0.39 is 10.9 Å². The quantitative estimate of drug-likeness (QED) is 0.270. The number of hydrogen-bond donors (Lipinski definition) is 2. The fourth-order valence-corrected chi connectivity index (χ4v) is 4.17. The van der Waals surface area contributed by atoms with Gasteiger partial charge >= 0.3 is 5.97 Å². The second-order valence-electron chi connectivity index (χ2n) is 6.67. The number of nitro groups is 1. The van der Waals surface area contributed by atoms with Gasteiger partial charge in [0.1, 0.15) is 10.6 Å². The van der Waals surface area contributed by atoms with Crippen LogP contribution in [0, 0.1) is 10.1 Å². The summed E-state index contributed by atoms with van der Waals surface area (Å²) < 4.78 is 0. The number of fused-ring (bicyclic) bond motifs is 1. The number of aliphatic carboxylic acids is 1. The fourth-order valence-electron chi connectivity index (χ4n) is 3.37. The number of para-hydroxylation sites is 2. The molecule has 0 atom stereocenters. The molecule has 0 spiro atoms. The van der Waals surface area contributed by atoms with Crippen molar-refractivity contribution in [3.63, 3.8) is 0 Å². The van der Waals surface area contributed by atoms with E-state index in [1.165, 1.54) is 12.1 Å². The van der Waals surface area contributed by atoms with Crippen molar-refractivity contribution in [1.29, 1.82) is 0 Å². The number of benzene rings is 2. The van der Waals surface area contributed by atoms with Crippen LogP contribution in [0.2, 0.25) is 0 Å². The largest absolute Gasteiger partial charge is 0.477 e. The summed E-state index contributed by atoms with van der Waals surface area (Å²) in [6.07, 6.45) is 3.45. The number of aromatic nitrogens is 2. The Balaban J connectivity index is 1.66. The number of anilines is 1. The Kier molecular flexibility index (Phi) is 5.22. The minimum atomic E-state index is -1.12. The number of carbonyl (C=O) groups is 1. The van der Waals surface area contributed by atoms with E-state index >= 15 is 0 Å². The van der Waals surface area contributed by atoms with Crippen molar-refractivity contribution < 1.29 is 14.8 Å². The molecule has 9 heteroatoms. The molecule has 1 aromatic heterocycles. The average Bonchev–Trinajstić information content (AvgIpc) is 3.36. The first-order chi connectivity index (χ1) is 14.0. The summed E-state index contributed by atoms with van der Waals surface area (Å²) >= 11 is 0.976. The molecule has 3 aromatic rings. The number of imidazole rings is 1. The molecule has 0 bridgehead atoms. The van der Waals surface area contributed by atoms with Crippen molar-refractivity contribution in [3.05, 3.63) is 63.0 Å². The van der Waals surface area contributed by atoms with Crippen LogP contribution >= 0.6 is 11.8 Å². The Morgan fingerprint density at radius 2 is 2.00 bits per heavy atom. The molecule has 1 aliphatic rings. The zero-order valence-electron chi connectivity index (χ0n) is 15.4. The molecule has 1 aliphatic heterocycles. The number of aromatic amines is 1. The summed E-state index contributed by atoms with van der Waals surface area (Å²) in [5.41, 5.74) is 2.57. The molecule has 29 heavy (non-hydrogen) atoms. The highest BCUT2D eigenvalue weighted by Gasteiger charge is 2.23. The number of nitro benzene ring substituents is 1. The average molecular weight is 410 g/mol. The number of hydrogen-bond acceptors (Lipinski definition) is 6. The predicted molar refractivity (Wildman–Crippen MR) is 112 cm³/mol. The van der Waals surface area contributed by atoms with Crippen LogP contribution in [-0.4, -0.2) is 39.1 Å². The number of nitrogens with one attached hydrogen (secondary N) is 1. The van der Waals surface area contributed by atoms with E-state index in [-0.39, 0.29) is 10.6 Å². The first-order valence-corrected chi connectivity index (χ1v) is 9.94. The van der Waals surface area contributed by atoms with Gasteiger partial charge in [0.2, 0.25) is 0 Å². The van der Waals surface area contributed by atoms with Gasteiger partial charge in [0.25, 0.3) is 5.69 Å². The van der Waals surface area contributed by atoms with Gasteiger partial charge in [-0.2, -0.15) is 0 Å². The number of rotatable bonds is 6. The van der Waals surface area contributed by atoms with Crippen LogP contribution in [-0.2, 0) is 4.79 Å². The van der Waals surface area contributed by atoms with E-state index in [0.717, 1.165) is 48.7 Å². The van der Waals surface area contributed by atoms with Crippen LogP contribution in [0.5, 0.6) is 0 Å². The highest BCUT2D eigenvalue weighted by molar-refractivity contribution is 8.04. The molecule has 2 N–H and O–H groups in total. The number of H-pyrrole nitrogens is 1. The summed E-state index contributed by atoms with van der Waals surface area (Å²) in [5.74, 6) is -1.12. The standard InChI is InChI=1S/C20H18N4O4S/c25-19(26)18(29-20-21-14-5-1-2-6-15(14)22-20)12-13-7-8-16(17(11-13)24(27)28)23-9-3-4-10-23/h1-2,5-8,11-12H,3-4,9-10H2,(H,21,22)(H,25,26)/b18-12+. The number of carboxylic acids is 1. The lowest BCUT2D eigenvalue weighted by molar-refractivity contribution is -0.384. The highest BCUT2D eigenvalue weighted by atomic mass is 32.2. The smallest absolute Gasteiger partial charge is 0.342 e. The van der Waals surface area contributed by atoms with Crippen LogP contribution in [0.25, 0.3) is 17.1 Å². The molecule has 0 unspecified atom stereocenters. The Bertz CT molecular complexity index is 1090. The monoisotopic (exact) mass is 410 g/mol. The van der Waals surface area contributed by atoms with Crippen molar-refractivity contribution in [2.75, 3.05) is 18.0 Å². The van der Waals surface area contributed by atoms with Gasteiger partial charge in [-0.3, -0.25) is 10.1 Å². The summed E-state index contributed by atoms with van der Waals surface area (Å²) in [7, 11) is 0. The van der Waals surface area contributed by atoms with E-state index in [0.29, 0.717) is 16.4 Å². The molecule has 0 amide bonds. The molecule has 2 aromatic carbocycles. The first-order valence-electron chi connectivity index (χ1n) is 9.12. The van der Waals surface area contributed by atoms with E-state index in [1.54, 1.807) is 12.1 Å². The molecular weight excluding hydrogens is 392 g/mol. The van der Waals surface area contributed by atoms with Gasteiger partial charge < -0.3 is 15.0 Å². The topological polar surface area (TPSA) is 112 Å². The van der Waals surface area contributed by atoms with Gasteiger partial charge in [0, 0.05) is 19.2 Å². The Hall–Kier alpha value is -3.33. The summed E-state index contributed by atoms with van der Waals surface area (Å²) in [6, 6.07) is 12.2. The van der Waals surface area contributed by atoms with Crippen LogP contribution in [0.15, 0.2) is 52.5 Å². The fraction of sp³-hybridized carbons (Fsp3) is 0.200. The molecule has 1 fully saturated rings. The van der Waals surface area contributed by atoms with E-state index in [2.05, 4.69) is 9.97 Å². The third-order valence-electron chi connectivity index (χ3n) is 4.73. The lowest BCUT2D eigenvalue weighted by Crippen LogP contribution is -2.18. The maximum Gasteiger partial charge on any atom is 0.342 e. The molecule has 0 saturated carbocycles. The normalized spacial score (nSPS) is 14.5. The minimum absolute atomic E-state index is 0.0147. The summed E-state index contributed by atoms with van der Waals surface area (Å²) in [4.78, 5) is 32.4.